The number of carbonyl (C=O) groups excluding carboxylic acids is 1. The van der Waals surface area contributed by atoms with Crippen molar-refractivity contribution in [3.8, 4) is 0 Å². The van der Waals surface area contributed by atoms with Crippen molar-refractivity contribution >= 4 is 22.7 Å². The Morgan fingerprint density at radius 2 is 2.29 bits per heavy atom. The molecular weight excluding hydrogens is 180 g/mol. The highest BCUT2D eigenvalue weighted by Crippen LogP contribution is 2.20. The summed E-state index contributed by atoms with van der Waals surface area (Å²) >= 11 is 0. The van der Waals surface area contributed by atoms with E-state index >= 15 is 0 Å². The van der Waals surface area contributed by atoms with E-state index in [9.17, 15) is 4.79 Å². The van der Waals surface area contributed by atoms with Gasteiger partial charge in [-0.2, -0.15) is 0 Å². The van der Waals surface area contributed by atoms with Crippen LogP contribution in [0, 0.1) is 0 Å². The topological polar surface area (TPSA) is 46.3 Å². The van der Waals surface area contributed by atoms with Gasteiger partial charge in [0, 0.05) is 25.7 Å². The molecule has 2 aromatic rings. The van der Waals surface area contributed by atoms with E-state index < -0.39 is 0 Å². The Labute approximate surface area is 81.1 Å². The minimum Gasteiger partial charge on any atom is -0.443 e. The van der Waals surface area contributed by atoms with Crippen LogP contribution in [0.2, 0.25) is 0 Å². The number of anilines is 1. The third kappa shape index (κ3) is 1.35. The molecule has 0 aliphatic carbocycles. The van der Waals surface area contributed by atoms with Crippen LogP contribution in [0.4, 0.5) is 5.69 Å². The predicted molar refractivity (Wildman–Crippen MR) is 53.1 cm³/mol. The second kappa shape index (κ2) is 3.14. The fourth-order valence-electron chi connectivity index (χ4n) is 1.23. The molecule has 72 valence electrons. The molecule has 1 amide bonds. The molecule has 1 aromatic carbocycles. The van der Waals surface area contributed by atoms with E-state index in [1.165, 1.54) is 13.3 Å². The SMILES string of the molecule is CC(=O)N(C)c1ccc2ncoc2c1. The van der Waals surface area contributed by atoms with Crippen molar-refractivity contribution in [1.82, 2.24) is 4.98 Å². The van der Waals surface area contributed by atoms with Gasteiger partial charge in [-0.15, -0.1) is 0 Å². The molecule has 0 radical (unpaired) electrons. The zero-order valence-corrected chi connectivity index (χ0v) is 8.02. The van der Waals surface area contributed by atoms with Gasteiger partial charge in [-0.1, -0.05) is 0 Å². The predicted octanol–water partition coefficient (Wildman–Crippen LogP) is 1.81. The van der Waals surface area contributed by atoms with Crippen LogP contribution in [-0.2, 0) is 4.79 Å². The van der Waals surface area contributed by atoms with E-state index in [2.05, 4.69) is 4.98 Å². The molecule has 0 aliphatic rings. The molecule has 0 bridgehead atoms. The van der Waals surface area contributed by atoms with E-state index in [0.717, 1.165) is 11.2 Å². The molecule has 0 aliphatic heterocycles. The third-order valence-corrected chi connectivity index (χ3v) is 2.17. The Balaban J connectivity index is 2.48. The maximum absolute atomic E-state index is 11.1. The highest BCUT2D eigenvalue weighted by molar-refractivity contribution is 5.92. The average Bonchev–Trinajstić information content (AvgIpc) is 2.62. The number of rotatable bonds is 1. The summed E-state index contributed by atoms with van der Waals surface area (Å²) in [6, 6.07) is 5.46. The van der Waals surface area contributed by atoms with Crippen molar-refractivity contribution in [2.45, 2.75) is 6.92 Å². The molecule has 0 atom stereocenters. The zero-order valence-electron chi connectivity index (χ0n) is 8.02. The number of oxazole rings is 1. The summed E-state index contributed by atoms with van der Waals surface area (Å²) in [5.41, 5.74) is 2.29. The summed E-state index contributed by atoms with van der Waals surface area (Å²) in [5.74, 6) is -0.0103. The summed E-state index contributed by atoms with van der Waals surface area (Å²) in [6.45, 7) is 1.52. The van der Waals surface area contributed by atoms with Crippen molar-refractivity contribution < 1.29 is 9.21 Å². The van der Waals surface area contributed by atoms with Crippen LogP contribution in [0.15, 0.2) is 29.0 Å². The molecule has 0 spiro atoms. The van der Waals surface area contributed by atoms with Crippen LogP contribution in [-0.4, -0.2) is 17.9 Å². The van der Waals surface area contributed by atoms with Crippen molar-refractivity contribution in [1.29, 1.82) is 0 Å². The van der Waals surface area contributed by atoms with Crippen LogP contribution in [0.1, 0.15) is 6.92 Å². The van der Waals surface area contributed by atoms with Gasteiger partial charge in [0.1, 0.15) is 5.52 Å². The lowest BCUT2D eigenvalue weighted by Crippen LogP contribution is -2.22. The fourth-order valence-corrected chi connectivity index (χ4v) is 1.23. The number of hydrogen-bond donors (Lipinski definition) is 0. The summed E-state index contributed by atoms with van der Waals surface area (Å²) in [4.78, 5) is 16.6. The van der Waals surface area contributed by atoms with Crippen molar-refractivity contribution in [2.24, 2.45) is 0 Å². The Kier molecular flexibility index (Phi) is 1.96. The number of nitrogens with zero attached hydrogens (tertiary/aromatic N) is 2. The second-order valence-corrected chi connectivity index (χ2v) is 3.08. The van der Waals surface area contributed by atoms with Crippen molar-refractivity contribution in [2.75, 3.05) is 11.9 Å². The molecule has 0 saturated carbocycles. The van der Waals surface area contributed by atoms with Gasteiger partial charge in [-0.25, -0.2) is 4.98 Å². The lowest BCUT2D eigenvalue weighted by Gasteiger charge is -2.13. The standard InChI is InChI=1S/C10H10N2O2/c1-7(13)12(2)8-3-4-9-10(5-8)14-6-11-9/h3-6H,1-2H3. The van der Waals surface area contributed by atoms with Crippen LogP contribution in [0.25, 0.3) is 11.1 Å². The normalized spacial score (nSPS) is 10.4. The Hall–Kier alpha value is -1.84. The third-order valence-electron chi connectivity index (χ3n) is 2.17. The van der Waals surface area contributed by atoms with Gasteiger partial charge in [0.2, 0.25) is 5.91 Å². The first-order valence-electron chi connectivity index (χ1n) is 4.26. The monoisotopic (exact) mass is 190 g/mol. The molecular formula is C10H10N2O2. The summed E-state index contributed by atoms with van der Waals surface area (Å²) in [5, 5.41) is 0. The van der Waals surface area contributed by atoms with Crippen LogP contribution >= 0.6 is 0 Å². The highest BCUT2D eigenvalue weighted by atomic mass is 16.3. The summed E-state index contributed by atoms with van der Waals surface area (Å²) in [6.07, 6.45) is 1.39. The van der Waals surface area contributed by atoms with Gasteiger partial charge in [-0.05, 0) is 12.1 Å². The molecule has 0 N–H and O–H groups in total. The Morgan fingerprint density at radius 3 is 3.00 bits per heavy atom. The molecule has 1 aromatic heterocycles. The van der Waals surface area contributed by atoms with Crippen molar-refractivity contribution in [3.05, 3.63) is 24.6 Å². The Bertz CT molecular complexity index is 476. The minimum atomic E-state index is -0.0103. The number of aromatic nitrogens is 1. The van der Waals surface area contributed by atoms with E-state index in [-0.39, 0.29) is 5.91 Å². The Morgan fingerprint density at radius 1 is 1.50 bits per heavy atom. The fraction of sp³-hybridized carbons (Fsp3) is 0.200. The first-order chi connectivity index (χ1) is 6.68. The number of amides is 1. The average molecular weight is 190 g/mol. The second-order valence-electron chi connectivity index (χ2n) is 3.08. The van der Waals surface area contributed by atoms with Crippen LogP contribution in [0.5, 0.6) is 0 Å². The molecule has 0 saturated heterocycles. The lowest BCUT2D eigenvalue weighted by atomic mass is 10.2. The van der Waals surface area contributed by atoms with Gasteiger partial charge in [-0.3, -0.25) is 4.79 Å². The maximum Gasteiger partial charge on any atom is 0.223 e. The molecule has 1 heterocycles. The van der Waals surface area contributed by atoms with Gasteiger partial charge < -0.3 is 9.32 Å². The first-order valence-corrected chi connectivity index (χ1v) is 4.26. The summed E-state index contributed by atoms with van der Waals surface area (Å²) in [7, 11) is 1.72. The molecule has 0 unspecified atom stereocenters. The largest absolute Gasteiger partial charge is 0.443 e. The van der Waals surface area contributed by atoms with Gasteiger partial charge in [0.05, 0.1) is 0 Å². The van der Waals surface area contributed by atoms with E-state index in [0.29, 0.717) is 5.58 Å². The maximum atomic E-state index is 11.1. The van der Waals surface area contributed by atoms with Crippen molar-refractivity contribution in [3.63, 3.8) is 0 Å². The first kappa shape index (κ1) is 8.74. The zero-order chi connectivity index (χ0) is 10.1. The molecule has 4 heteroatoms. The van der Waals surface area contributed by atoms with E-state index in [1.54, 1.807) is 18.0 Å². The lowest BCUT2D eigenvalue weighted by molar-refractivity contribution is -0.116. The van der Waals surface area contributed by atoms with E-state index in [1.807, 2.05) is 12.1 Å². The highest BCUT2D eigenvalue weighted by Gasteiger charge is 2.07. The smallest absolute Gasteiger partial charge is 0.223 e. The number of fused-ring (bicyclic) bond motifs is 1. The molecule has 4 nitrogen and oxygen atoms in total. The van der Waals surface area contributed by atoms with Crippen LogP contribution in [0.3, 0.4) is 0 Å². The number of hydrogen-bond acceptors (Lipinski definition) is 3. The van der Waals surface area contributed by atoms with Gasteiger partial charge in [0.15, 0.2) is 12.0 Å². The molecule has 0 fully saturated rings. The molecule has 2 rings (SSSR count). The number of carbonyl (C=O) groups is 1. The van der Waals surface area contributed by atoms with Gasteiger partial charge >= 0.3 is 0 Å². The number of benzene rings is 1. The van der Waals surface area contributed by atoms with Crippen LogP contribution < -0.4 is 4.90 Å². The van der Waals surface area contributed by atoms with Gasteiger partial charge in [0.25, 0.3) is 0 Å². The summed E-state index contributed by atoms with van der Waals surface area (Å²) < 4.78 is 5.14. The molecule has 14 heavy (non-hydrogen) atoms. The van der Waals surface area contributed by atoms with E-state index in [4.69, 9.17) is 4.42 Å². The quantitative estimate of drug-likeness (QED) is 0.689. The minimum absolute atomic E-state index is 0.0103.